The summed E-state index contributed by atoms with van der Waals surface area (Å²) in [6.07, 6.45) is 0. The maximum atomic E-state index is 10.9. The Bertz CT molecular complexity index is 884. The van der Waals surface area contributed by atoms with Crippen LogP contribution in [0.15, 0.2) is 77.3 Å². The number of halogens is 1. The molecule has 0 unspecified atom stereocenters. The van der Waals surface area contributed by atoms with Gasteiger partial charge in [0.2, 0.25) is 0 Å². The maximum absolute atomic E-state index is 10.9. The Labute approximate surface area is 156 Å². The largest absolute Gasteiger partial charge is 0.269 e. The molecule has 0 heterocycles. The highest BCUT2D eigenvalue weighted by Gasteiger charge is 2.27. The number of nitro benzene ring substituents is 2. The quantitative estimate of drug-likeness (QED) is 0.304. The first kappa shape index (κ1) is 17.7. The van der Waals surface area contributed by atoms with E-state index < -0.39 is 9.85 Å². The Kier molecular flexibility index (Phi) is 5.06. The van der Waals surface area contributed by atoms with E-state index in [1.54, 1.807) is 24.3 Å². The lowest BCUT2D eigenvalue weighted by atomic mass is 10.2. The highest BCUT2D eigenvalue weighted by Crippen LogP contribution is 2.35. The monoisotopic (exact) mass is 413 g/mol. The highest BCUT2D eigenvalue weighted by molar-refractivity contribution is 9.10. The van der Waals surface area contributed by atoms with E-state index in [2.05, 4.69) is 15.9 Å². The van der Waals surface area contributed by atoms with E-state index in [1.807, 2.05) is 29.2 Å². The number of benzene rings is 3. The summed E-state index contributed by atoms with van der Waals surface area (Å²) in [5.41, 5.74) is 2.20. The van der Waals surface area contributed by atoms with Crippen molar-refractivity contribution >= 4 is 44.4 Å². The first-order valence-electron chi connectivity index (χ1n) is 7.50. The number of rotatable bonds is 5. The van der Waals surface area contributed by atoms with Crippen molar-refractivity contribution in [1.82, 2.24) is 4.90 Å². The predicted molar refractivity (Wildman–Crippen MR) is 101 cm³/mol. The van der Waals surface area contributed by atoms with Gasteiger partial charge in [-0.3, -0.25) is 20.2 Å². The molecule has 3 aromatic rings. The van der Waals surface area contributed by atoms with Gasteiger partial charge in [-0.1, -0.05) is 20.8 Å². The van der Waals surface area contributed by atoms with Gasteiger partial charge in [0.25, 0.3) is 11.4 Å². The Hall–Kier alpha value is -3.10. The van der Waals surface area contributed by atoms with Crippen LogP contribution < -0.4 is 4.90 Å². The number of hydrogen-bond donors (Lipinski definition) is 0. The number of nitro groups is 2. The minimum absolute atomic E-state index is 0.00629. The maximum Gasteiger partial charge on any atom is 0.269 e. The van der Waals surface area contributed by atoms with Crippen molar-refractivity contribution in [3.05, 3.63) is 97.5 Å². The molecule has 1 radical (unpaired) electrons. The summed E-state index contributed by atoms with van der Waals surface area (Å²) < 4.78 is 0.911. The second-order valence-electron chi connectivity index (χ2n) is 5.36. The van der Waals surface area contributed by atoms with Crippen molar-refractivity contribution in [3.63, 3.8) is 0 Å². The van der Waals surface area contributed by atoms with Gasteiger partial charge in [0, 0.05) is 65.1 Å². The molecule has 0 saturated carbocycles. The first-order chi connectivity index (χ1) is 12.5. The third kappa shape index (κ3) is 3.76. The molecule has 0 aromatic heterocycles. The van der Waals surface area contributed by atoms with Gasteiger partial charge in [0.1, 0.15) is 0 Å². The number of hydrogen-bond acceptors (Lipinski definition) is 5. The van der Waals surface area contributed by atoms with E-state index >= 15 is 0 Å². The molecule has 0 saturated heterocycles. The molecule has 8 heteroatoms. The minimum atomic E-state index is -0.459. The zero-order valence-electron chi connectivity index (χ0n) is 13.3. The lowest BCUT2D eigenvalue weighted by Crippen LogP contribution is -2.11. The summed E-state index contributed by atoms with van der Waals surface area (Å²) in [7, 11) is 0. The van der Waals surface area contributed by atoms with Gasteiger partial charge in [0.05, 0.1) is 9.85 Å². The van der Waals surface area contributed by atoms with Crippen molar-refractivity contribution in [2.75, 3.05) is 0 Å². The molecular weight excluding hydrogens is 402 g/mol. The summed E-state index contributed by atoms with van der Waals surface area (Å²) in [5, 5.41) is 21.8. The average molecular weight is 414 g/mol. The SMILES string of the molecule is O=[N+]([O-])c1ccc([N+](c2ccc(Br)cc2)c2ccc([N+](=O)[O-])cc2)cc1. The van der Waals surface area contributed by atoms with E-state index in [0.29, 0.717) is 11.4 Å². The fourth-order valence-corrected chi connectivity index (χ4v) is 2.75. The molecule has 0 aliphatic heterocycles. The van der Waals surface area contributed by atoms with Gasteiger partial charge in [-0.15, -0.1) is 0 Å². The van der Waals surface area contributed by atoms with E-state index in [9.17, 15) is 20.2 Å². The van der Waals surface area contributed by atoms with Crippen molar-refractivity contribution < 1.29 is 9.85 Å². The van der Waals surface area contributed by atoms with Crippen molar-refractivity contribution in [1.29, 1.82) is 0 Å². The number of nitrogens with zero attached hydrogens (tertiary/aromatic N) is 3. The van der Waals surface area contributed by atoms with Crippen LogP contribution in [0, 0.1) is 20.2 Å². The Balaban J connectivity index is 2.08. The lowest BCUT2D eigenvalue weighted by molar-refractivity contribution is -0.385. The van der Waals surface area contributed by atoms with E-state index in [1.165, 1.54) is 24.3 Å². The van der Waals surface area contributed by atoms with Gasteiger partial charge in [0.15, 0.2) is 17.1 Å². The average Bonchev–Trinajstić information content (AvgIpc) is 2.64. The van der Waals surface area contributed by atoms with Gasteiger partial charge in [-0.25, -0.2) is 0 Å². The summed E-state index contributed by atoms with van der Waals surface area (Å²) in [6.45, 7) is 0. The lowest BCUT2D eigenvalue weighted by Gasteiger charge is -2.10. The van der Waals surface area contributed by atoms with Gasteiger partial charge in [-0.2, -0.15) is 0 Å². The summed E-state index contributed by atoms with van der Waals surface area (Å²) in [4.78, 5) is 22.7. The summed E-state index contributed by atoms with van der Waals surface area (Å²) >= 11 is 3.39. The second-order valence-corrected chi connectivity index (χ2v) is 6.27. The van der Waals surface area contributed by atoms with Crippen LogP contribution in [0.5, 0.6) is 0 Å². The molecule has 0 spiro atoms. The van der Waals surface area contributed by atoms with Crippen molar-refractivity contribution in [3.8, 4) is 0 Å². The molecule has 26 heavy (non-hydrogen) atoms. The van der Waals surface area contributed by atoms with Crippen LogP contribution in [0.25, 0.3) is 0 Å². The summed E-state index contributed by atoms with van der Waals surface area (Å²) in [5.74, 6) is 0. The van der Waals surface area contributed by atoms with Crippen LogP contribution in [0.2, 0.25) is 0 Å². The molecule has 0 N–H and O–H groups in total. The molecular formula is C18H12BrN3O4+. The Morgan fingerprint density at radius 3 is 1.12 bits per heavy atom. The first-order valence-corrected chi connectivity index (χ1v) is 8.29. The molecule has 0 fully saturated rings. The fourth-order valence-electron chi connectivity index (χ4n) is 2.48. The minimum Gasteiger partial charge on any atom is -0.258 e. The second kappa shape index (κ2) is 7.42. The van der Waals surface area contributed by atoms with Crippen LogP contribution in [0.1, 0.15) is 0 Å². The van der Waals surface area contributed by atoms with Gasteiger partial charge in [-0.05, 0) is 12.1 Å². The Morgan fingerprint density at radius 2 is 0.808 bits per heavy atom. The van der Waals surface area contributed by atoms with E-state index in [4.69, 9.17) is 0 Å². The number of anilines is 3. The molecule has 7 nitrogen and oxygen atoms in total. The molecule has 0 amide bonds. The third-order valence-electron chi connectivity index (χ3n) is 3.72. The van der Waals surface area contributed by atoms with E-state index in [-0.39, 0.29) is 11.4 Å². The van der Waals surface area contributed by atoms with Crippen LogP contribution in [0.3, 0.4) is 0 Å². The van der Waals surface area contributed by atoms with E-state index in [0.717, 1.165) is 10.2 Å². The molecule has 3 rings (SSSR count). The van der Waals surface area contributed by atoms with Crippen LogP contribution in [-0.2, 0) is 0 Å². The standard InChI is InChI=1S/C18H12BrN3O4/c19-13-1-3-14(4-2-13)20(15-5-9-17(10-6-15)21(23)24)16-7-11-18(12-8-16)22(25)26/h1-12H/q+1. The molecule has 0 aliphatic rings. The molecule has 3 aromatic carbocycles. The molecule has 129 valence electrons. The van der Waals surface area contributed by atoms with Gasteiger partial charge < -0.3 is 0 Å². The molecule has 0 atom stereocenters. The topological polar surface area (TPSA) is 92.2 Å². The smallest absolute Gasteiger partial charge is 0.258 e. The van der Waals surface area contributed by atoms with Gasteiger partial charge >= 0.3 is 0 Å². The Morgan fingerprint density at radius 1 is 0.538 bits per heavy atom. The normalized spacial score (nSPS) is 10.7. The zero-order chi connectivity index (χ0) is 18.7. The molecule has 0 bridgehead atoms. The fraction of sp³-hybridized carbons (Fsp3) is 0. The highest BCUT2D eigenvalue weighted by atomic mass is 79.9. The third-order valence-corrected chi connectivity index (χ3v) is 4.25. The number of non-ortho nitro benzene ring substituents is 2. The molecule has 0 aliphatic carbocycles. The predicted octanol–water partition coefficient (Wildman–Crippen LogP) is 5.70. The van der Waals surface area contributed by atoms with Crippen molar-refractivity contribution in [2.24, 2.45) is 0 Å². The van der Waals surface area contributed by atoms with Crippen LogP contribution in [0.4, 0.5) is 28.4 Å². The van der Waals surface area contributed by atoms with Crippen molar-refractivity contribution in [2.45, 2.75) is 0 Å². The van der Waals surface area contributed by atoms with Crippen LogP contribution in [-0.4, -0.2) is 9.85 Å². The summed E-state index contributed by atoms with van der Waals surface area (Å²) in [6, 6.07) is 19.8. The zero-order valence-corrected chi connectivity index (χ0v) is 14.9. The van der Waals surface area contributed by atoms with Crippen LogP contribution >= 0.6 is 15.9 Å².